The molecule has 1 saturated carbocycles. The first-order valence-corrected chi connectivity index (χ1v) is 15.5. The van der Waals surface area contributed by atoms with Crippen LogP contribution >= 0.6 is 11.6 Å². The predicted molar refractivity (Wildman–Crippen MR) is 164 cm³/mol. The highest BCUT2D eigenvalue weighted by molar-refractivity contribution is 6.30. The molecular weight excluding hydrogens is 611 g/mol. The molecule has 1 aliphatic carbocycles. The van der Waals surface area contributed by atoms with E-state index < -0.39 is 24.3 Å². The zero-order chi connectivity index (χ0) is 31.8. The molecule has 3 aromatic rings. The third-order valence-corrected chi connectivity index (χ3v) is 9.33. The van der Waals surface area contributed by atoms with E-state index in [-0.39, 0.29) is 39.5 Å². The Kier molecular flexibility index (Phi) is 8.71. The van der Waals surface area contributed by atoms with Crippen molar-refractivity contribution in [2.24, 2.45) is 5.41 Å². The standard InChI is InChI=1S/C32H35ClF3N5O4/c33-20-8-9-23(24(15-20)19-4-3-7-22(14-19)44-21-5-1-2-6-21)28(32(34,35)36)45-27-16-26(39-30(37)40-27)41-12-10-31(11-13-41)17-25(29(42)43)38-18-31/h3-4,7-9,14-16,21,25,28,38H,1-2,5-6,10-13,17-18H2,(H,42,43)(H2,37,39,40)/t25?,28-/m1/s1. The van der Waals surface area contributed by atoms with Gasteiger partial charge in [-0.25, -0.2) is 0 Å². The second-order valence-corrected chi connectivity index (χ2v) is 12.6. The van der Waals surface area contributed by atoms with E-state index in [0.717, 1.165) is 25.7 Å². The van der Waals surface area contributed by atoms with Crippen LogP contribution in [0.15, 0.2) is 48.5 Å². The second-order valence-electron chi connectivity index (χ2n) is 12.2. The highest BCUT2D eigenvalue weighted by atomic mass is 35.5. The number of hydrogen-bond donors (Lipinski definition) is 3. The number of nitrogens with two attached hydrogens (primary N) is 1. The Bertz CT molecular complexity index is 1540. The number of carbonyl (C=O) groups is 1. The van der Waals surface area contributed by atoms with Crippen molar-refractivity contribution in [3.05, 3.63) is 59.1 Å². The maximum atomic E-state index is 14.7. The summed E-state index contributed by atoms with van der Waals surface area (Å²) in [5.41, 5.74) is 6.45. The van der Waals surface area contributed by atoms with E-state index in [1.165, 1.54) is 24.3 Å². The number of ether oxygens (including phenoxy) is 2. The maximum absolute atomic E-state index is 14.7. The van der Waals surface area contributed by atoms with E-state index in [2.05, 4.69) is 15.3 Å². The van der Waals surface area contributed by atoms with Crippen molar-refractivity contribution in [3.8, 4) is 22.8 Å². The van der Waals surface area contributed by atoms with E-state index in [1.54, 1.807) is 24.3 Å². The molecule has 2 saturated heterocycles. The molecule has 45 heavy (non-hydrogen) atoms. The van der Waals surface area contributed by atoms with E-state index in [4.69, 9.17) is 26.8 Å². The molecule has 0 bridgehead atoms. The first-order valence-electron chi connectivity index (χ1n) is 15.1. The van der Waals surface area contributed by atoms with Crippen LogP contribution in [0, 0.1) is 5.41 Å². The lowest BCUT2D eigenvalue weighted by molar-refractivity contribution is -0.198. The fraction of sp³-hybridized carbons (Fsp3) is 0.469. The number of piperidine rings is 1. The van der Waals surface area contributed by atoms with Crippen molar-refractivity contribution in [1.29, 1.82) is 0 Å². The van der Waals surface area contributed by atoms with Crippen molar-refractivity contribution >= 4 is 29.3 Å². The smallest absolute Gasteiger partial charge is 0.429 e. The largest absolute Gasteiger partial charge is 0.490 e. The van der Waals surface area contributed by atoms with Gasteiger partial charge in [-0.15, -0.1) is 0 Å². The minimum absolute atomic E-state index is 0.0877. The second kappa shape index (κ2) is 12.6. The first-order chi connectivity index (χ1) is 21.5. The van der Waals surface area contributed by atoms with Crippen LogP contribution in [0.1, 0.15) is 56.6 Å². The summed E-state index contributed by atoms with van der Waals surface area (Å²) in [6, 6.07) is 12.0. The molecule has 1 unspecified atom stereocenters. The number of aliphatic carboxylic acids is 1. The van der Waals surface area contributed by atoms with Gasteiger partial charge in [0.1, 0.15) is 17.6 Å². The fourth-order valence-corrected chi connectivity index (χ4v) is 6.88. The Labute approximate surface area is 263 Å². The number of nitrogens with zero attached hydrogens (tertiary/aromatic N) is 3. The third kappa shape index (κ3) is 7.06. The predicted octanol–water partition coefficient (Wildman–Crippen LogP) is 6.42. The number of carboxylic acid groups (broad SMARTS) is 1. The zero-order valence-electron chi connectivity index (χ0n) is 24.5. The van der Waals surface area contributed by atoms with Gasteiger partial charge in [-0.3, -0.25) is 4.79 Å². The SMILES string of the molecule is Nc1nc(O[C@H](c2ccc(Cl)cc2-c2cccc(OC3CCCC3)c2)C(F)(F)F)cc(N2CCC3(CC2)CNC(C(=O)O)C3)n1. The molecule has 2 aliphatic heterocycles. The molecule has 3 heterocycles. The van der Waals surface area contributed by atoms with Gasteiger partial charge in [0.25, 0.3) is 0 Å². The Morgan fingerprint density at radius 3 is 2.56 bits per heavy atom. The Morgan fingerprint density at radius 1 is 1.11 bits per heavy atom. The molecule has 0 amide bonds. The maximum Gasteiger partial charge on any atom is 0.429 e. The summed E-state index contributed by atoms with van der Waals surface area (Å²) < 4.78 is 55.9. The Hall–Kier alpha value is -3.77. The van der Waals surface area contributed by atoms with Crippen LogP contribution in [0.5, 0.6) is 11.6 Å². The van der Waals surface area contributed by atoms with Gasteiger partial charge < -0.3 is 30.5 Å². The number of nitrogen functional groups attached to an aromatic ring is 1. The van der Waals surface area contributed by atoms with Gasteiger partial charge in [-0.2, -0.15) is 23.1 Å². The highest BCUT2D eigenvalue weighted by Gasteiger charge is 2.46. The summed E-state index contributed by atoms with van der Waals surface area (Å²) in [5.74, 6) is -0.466. The molecule has 6 rings (SSSR count). The lowest BCUT2D eigenvalue weighted by atomic mass is 9.76. The van der Waals surface area contributed by atoms with Crippen LogP contribution in [0.4, 0.5) is 24.9 Å². The summed E-state index contributed by atoms with van der Waals surface area (Å²) in [6.07, 6.45) is -1.10. The lowest BCUT2D eigenvalue weighted by Gasteiger charge is -2.39. The number of hydrogen-bond acceptors (Lipinski definition) is 8. The van der Waals surface area contributed by atoms with E-state index >= 15 is 0 Å². The van der Waals surface area contributed by atoms with Gasteiger partial charge in [-0.05, 0) is 85.8 Å². The monoisotopic (exact) mass is 645 g/mol. The van der Waals surface area contributed by atoms with Crippen LogP contribution in [-0.4, -0.2) is 59.0 Å². The number of halogens is 4. The van der Waals surface area contributed by atoms with Crippen molar-refractivity contribution < 1.29 is 32.5 Å². The summed E-state index contributed by atoms with van der Waals surface area (Å²) in [5, 5.41) is 12.7. The topological polar surface area (TPSA) is 123 Å². The molecule has 1 spiro atoms. The molecule has 1 aromatic heterocycles. The summed E-state index contributed by atoms with van der Waals surface area (Å²) >= 11 is 6.29. The average molecular weight is 646 g/mol. The molecule has 4 N–H and O–H groups in total. The molecule has 3 aliphatic rings. The van der Waals surface area contributed by atoms with Crippen molar-refractivity contribution in [1.82, 2.24) is 15.3 Å². The van der Waals surface area contributed by atoms with Crippen LogP contribution in [-0.2, 0) is 4.79 Å². The van der Waals surface area contributed by atoms with E-state index in [0.29, 0.717) is 56.0 Å². The highest BCUT2D eigenvalue weighted by Crippen LogP contribution is 2.44. The number of aromatic nitrogens is 2. The average Bonchev–Trinajstić information content (AvgIpc) is 3.66. The number of carboxylic acids is 1. The van der Waals surface area contributed by atoms with Gasteiger partial charge in [-0.1, -0.05) is 29.8 Å². The molecule has 2 aromatic carbocycles. The minimum Gasteiger partial charge on any atom is -0.490 e. The van der Waals surface area contributed by atoms with Crippen LogP contribution in [0.25, 0.3) is 11.1 Å². The molecule has 13 heteroatoms. The molecule has 2 atom stereocenters. The van der Waals surface area contributed by atoms with Crippen LogP contribution in [0.3, 0.4) is 0 Å². The number of alkyl halides is 3. The summed E-state index contributed by atoms with van der Waals surface area (Å²) in [4.78, 5) is 21.6. The first kappa shape index (κ1) is 31.2. The summed E-state index contributed by atoms with van der Waals surface area (Å²) in [6.45, 7) is 1.67. The summed E-state index contributed by atoms with van der Waals surface area (Å²) in [7, 11) is 0. The molecule has 3 fully saturated rings. The molecule has 0 radical (unpaired) electrons. The fourth-order valence-electron chi connectivity index (χ4n) is 6.71. The van der Waals surface area contributed by atoms with Gasteiger partial charge in [0.05, 0.1) is 6.10 Å². The Morgan fingerprint density at radius 2 is 1.87 bits per heavy atom. The Balaban J connectivity index is 1.25. The number of anilines is 2. The van der Waals surface area contributed by atoms with Gasteiger partial charge in [0.2, 0.25) is 17.9 Å². The van der Waals surface area contributed by atoms with Crippen LogP contribution < -0.4 is 25.4 Å². The molecule has 240 valence electrons. The number of rotatable bonds is 8. The van der Waals surface area contributed by atoms with Crippen molar-refractivity contribution in [3.63, 3.8) is 0 Å². The number of nitrogens with one attached hydrogen (secondary N) is 1. The zero-order valence-corrected chi connectivity index (χ0v) is 25.3. The third-order valence-electron chi connectivity index (χ3n) is 9.10. The lowest BCUT2D eigenvalue weighted by Crippen LogP contribution is -2.41. The van der Waals surface area contributed by atoms with Gasteiger partial charge >= 0.3 is 12.1 Å². The molecule has 9 nitrogen and oxygen atoms in total. The van der Waals surface area contributed by atoms with Crippen LogP contribution in [0.2, 0.25) is 5.02 Å². The molecular formula is C32H35ClF3N5O4. The normalized spacial score (nSPS) is 20.8. The van der Waals surface area contributed by atoms with Gasteiger partial charge in [0, 0.05) is 36.3 Å². The quantitative estimate of drug-likeness (QED) is 0.255. The van der Waals surface area contributed by atoms with Gasteiger partial charge in [0.15, 0.2) is 0 Å². The van der Waals surface area contributed by atoms with E-state index in [9.17, 15) is 23.1 Å². The van der Waals surface area contributed by atoms with Crippen molar-refractivity contribution in [2.45, 2.75) is 69.4 Å². The minimum atomic E-state index is -4.81. The number of benzene rings is 2. The van der Waals surface area contributed by atoms with Crippen molar-refractivity contribution in [2.75, 3.05) is 30.3 Å². The van der Waals surface area contributed by atoms with E-state index in [1.807, 2.05) is 4.90 Å².